The number of halogens is 3. The molecular weight excluding hydrogens is 293 g/mol. The minimum absolute atomic E-state index is 0.0363. The molecule has 1 aromatic rings. The number of nitrogens with zero attached hydrogens (tertiary/aromatic N) is 1. The second kappa shape index (κ2) is 7.13. The van der Waals surface area contributed by atoms with Gasteiger partial charge in [0.25, 0.3) is 0 Å². The van der Waals surface area contributed by atoms with Gasteiger partial charge in [-0.15, -0.1) is 0 Å². The van der Waals surface area contributed by atoms with E-state index >= 15 is 0 Å². The molecule has 0 saturated heterocycles. The predicted molar refractivity (Wildman–Crippen MR) is 78.0 cm³/mol. The summed E-state index contributed by atoms with van der Waals surface area (Å²) in [6.45, 7) is 0.136. The molecule has 2 N–H and O–H groups in total. The number of carbonyl (C=O) groups is 1. The van der Waals surface area contributed by atoms with Crippen molar-refractivity contribution < 1.29 is 18.0 Å². The highest BCUT2D eigenvalue weighted by molar-refractivity contribution is 5.77. The Balaban J connectivity index is 1.92. The fourth-order valence-corrected chi connectivity index (χ4v) is 2.33. The summed E-state index contributed by atoms with van der Waals surface area (Å²) < 4.78 is 37.2. The van der Waals surface area contributed by atoms with E-state index in [1.807, 2.05) is 30.3 Å². The summed E-state index contributed by atoms with van der Waals surface area (Å²) in [4.78, 5) is 13.6. The van der Waals surface area contributed by atoms with Crippen LogP contribution >= 0.6 is 0 Å². The number of benzene rings is 1. The van der Waals surface area contributed by atoms with Crippen molar-refractivity contribution in [2.24, 2.45) is 11.7 Å². The number of rotatable bonds is 7. The fraction of sp³-hybridized carbons (Fsp3) is 0.562. The monoisotopic (exact) mass is 314 g/mol. The van der Waals surface area contributed by atoms with Crippen molar-refractivity contribution in [2.75, 3.05) is 13.1 Å². The molecule has 0 spiro atoms. The van der Waals surface area contributed by atoms with Gasteiger partial charge in [0, 0.05) is 25.6 Å². The first-order valence-corrected chi connectivity index (χ1v) is 7.50. The van der Waals surface area contributed by atoms with Crippen LogP contribution in [0.5, 0.6) is 0 Å². The molecular formula is C16H21F3N2O. The van der Waals surface area contributed by atoms with Crippen LogP contribution in [-0.2, 0) is 4.79 Å². The molecule has 1 atom stereocenters. The van der Waals surface area contributed by atoms with Crippen LogP contribution in [0.4, 0.5) is 13.2 Å². The van der Waals surface area contributed by atoms with Crippen LogP contribution in [0.1, 0.15) is 37.3 Å². The first-order chi connectivity index (χ1) is 10.3. The molecule has 1 aliphatic rings. The van der Waals surface area contributed by atoms with Crippen LogP contribution in [0.2, 0.25) is 0 Å². The Morgan fingerprint density at radius 2 is 1.91 bits per heavy atom. The van der Waals surface area contributed by atoms with Gasteiger partial charge in [0.05, 0.1) is 6.42 Å². The molecule has 1 saturated carbocycles. The van der Waals surface area contributed by atoms with Crippen molar-refractivity contribution in [3.8, 4) is 0 Å². The third-order valence-corrected chi connectivity index (χ3v) is 3.82. The number of hydrogen-bond acceptors (Lipinski definition) is 2. The van der Waals surface area contributed by atoms with E-state index in [9.17, 15) is 18.0 Å². The summed E-state index contributed by atoms with van der Waals surface area (Å²) in [5.74, 6) is 0.0534. The first kappa shape index (κ1) is 16.8. The van der Waals surface area contributed by atoms with Gasteiger partial charge in [0.1, 0.15) is 0 Å². The standard InChI is InChI=1S/C16H21F3N2O/c17-16(18,19)8-9-21(11-12-6-7-12)15(22)10-14(20)13-4-2-1-3-5-13/h1-5,12,14H,6-11,20H2. The van der Waals surface area contributed by atoms with Crippen LogP contribution in [-0.4, -0.2) is 30.1 Å². The maximum Gasteiger partial charge on any atom is 0.390 e. The molecule has 0 heterocycles. The zero-order valence-corrected chi connectivity index (χ0v) is 12.4. The van der Waals surface area contributed by atoms with E-state index in [1.165, 1.54) is 4.90 Å². The van der Waals surface area contributed by atoms with Crippen LogP contribution in [0, 0.1) is 5.92 Å². The van der Waals surface area contributed by atoms with Gasteiger partial charge in [-0.3, -0.25) is 4.79 Å². The van der Waals surface area contributed by atoms with E-state index < -0.39 is 18.6 Å². The lowest BCUT2D eigenvalue weighted by atomic mass is 10.0. The summed E-state index contributed by atoms with van der Waals surface area (Å²) in [5.41, 5.74) is 6.81. The summed E-state index contributed by atoms with van der Waals surface area (Å²) in [6, 6.07) is 8.65. The highest BCUT2D eigenvalue weighted by Gasteiger charge is 2.32. The van der Waals surface area contributed by atoms with Gasteiger partial charge in [0.2, 0.25) is 5.91 Å². The van der Waals surface area contributed by atoms with Gasteiger partial charge in [-0.05, 0) is 24.3 Å². The maximum atomic E-state index is 12.4. The SMILES string of the molecule is NC(CC(=O)N(CCC(F)(F)F)CC1CC1)c1ccccc1. The number of alkyl halides is 3. The molecule has 0 aliphatic heterocycles. The van der Waals surface area contributed by atoms with Crippen molar-refractivity contribution in [3.05, 3.63) is 35.9 Å². The third-order valence-electron chi connectivity index (χ3n) is 3.82. The van der Waals surface area contributed by atoms with Gasteiger partial charge in [-0.1, -0.05) is 30.3 Å². The van der Waals surface area contributed by atoms with E-state index in [0.29, 0.717) is 12.5 Å². The van der Waals surface area contributed by atoms with Crippen LogP contribution in [0.15, 0.2) is 30.3 Å². The molecule has 0 bridgehead atoms. The Labute approximate surface area is 128 Å². The lowest BCUT2D eigenvalue weighted by molar-refractivity contribution is -0.145. The largest absolute Gasteiger partial charge is 0.390 e. The Morgan fingerprint density at radius 1 is 1.27 bits per heavy atom. The topological polar surface area (TPSA) is 46.3 Å². The Kier molecular flexibility index (Phi) is 5.45. The maximum absolute atomic E-state index is 12.4. The molecule has 22 heavy (non-hydrogen) atoms. The van der Waals surface area contributed by atoms with Gasteiger partial charge < -0.3 is 10.6 Å². The number of carbonyl (C=O) groups excluding carboxylic acids is 1. The second-order valence-corrected chi connectivity index (χ2v) is 5.87. The van der Waals surface area contributed by atoms with Crippen molar-refractivity contribution >= 4 is 5.91 Å². The van der Waals surface area contributed by atoms with Gasteiger partial charge in [-0.25, -0.2) is 0 Å². The zero-order chi connectivity index (χ0) is 16.2. The molecule has 1 aromatic carbocycles. The average molecular weight is 314 g/mol. The smallest absolute Gasteiger partial charge is 0.342 e. The van der Waals surface area contributed by atoms with Gasteiger partial charge >= 0.3 is 6.18 Å². The summed E-state index contributed by atoms with van der Waals surface area (Å²) in [5, 5.41) is 0. The van der Waals surface area contributed by atoms with Crippen molar-refractivity contribution in [1.82, 2.24) is 4.90 Å². The molecule has 6 heteroatoms. The molecule has 1 amide bonds. The van der Waals surface area contributed by atoms with Crippen LogP contribution in [0.3, 0.4) is 0 Å². The lowest BCUT2D eigenvalue weighted by Gasteiger charge is -2.25. The van der Waals surface area contributed by atoms with Gasteiger partial charge in [0.15, 0.2) is 0 Å². The molecule has 2 rings (SSSR count). The molecule has 122 valence electrons. The number of nitrogens with two attached hydrogens (primary N) is 1. The average Bonchev–Trinajstić information content (AvgIpc) is 3.27. The molecule has 1 aliphatic carbocycles. The van der Waals surface area contributed by atoms with E-state index in [2.05, 4.69) is 0 Å². The molecule has 1 unspecified atom stereocenters. The Hall–Kier alpha value is -1.56. The van der Waals surface area contributed by atoms with Crippen molar-refractivity contribution in [3.63, 3.8) is 0 Å². The molecule has 3 nitrogen and oxygen atoms in total. The molecule has 1 fully saturated rings. The van der Waals surface area contributed by atoms with Crippen LogP contribution in [0.25, 0.3) is 0 Å². The summed E-state index contributed by atoms with van der Waals surface area (Å²) in [7, 11) is 0. The third kappa shape index (κ3) is 5.67. The number of amides is 1. The zero-order valence-electron chi connectivity index (χ0n) is 12.4. The fourth-order valence-electron chi connectivity index (χ4n) is 2.33. The highest BCUT2D eigenvalue weighted by atomic mass is 19.4. The normalized spacial score (nSPS) is 16.4. The van der Waals surface area contributed by atoms with Crippen LogP contribution < -0.4 is 5.73 Å². The van der Waals surface area contributed by atoms with E-state index in [0.717, 1.165) is 18.4 Å². The second-order valence-electron chi connectivity index (χ2n) is 5.87. The van der Waals surface area contributed by atoms with E-state index in [1.54, 1.807) is 0 Å². The van der Waals surface area contributed by atoms with E-state index in [-0.39, 0.29) is 18.9 Å². The van der Waals surface area contributed by atoms with Crippen molar-refractivity contribution in [1.29, 1.82) is 0 Å². The first-order valence-electron chi connectivity index (χ1n) is 7.50. The lowest BCUT2D eigenvalue weighted by Crippen LogP contribution is -2.37. The van der Waals surface area contributed by atoms with E-state index in [4.69, 9.17) is 5.73 Å². The Bertz CT molecular complexity index is 486. The predicted octanol–water partition coefficient (Wildman–Crippen LogP) is 3.27. The highest BCUT2D eigenvalue weighted by Crippen LogP contribution is 2.31. The Morgan fingerprint density at radius 3 is 2.45 bits per heavy atom. The van der Waals surface area contributed by atoms with Gasteiger partial charge in [-0.2, -0.15) is 13.2 Å². The molecule has 0 aromatic heterocycles. The minimum atomic E-state index is -4.25. The quantitative estimate of drug-likeness (QED) is 0.839. The summed E-state index contributed by atoms with van der Waals surface area (Å²) >= 11 is 0. The molecule has 0 radical (unpaired) electrons. The minimum Gasteiger partial charge on any atom is -0.342 e. The number of hydrogen-bond donors (Lipinski definition) is 1. The summed E-state index contributed by atoms with van der Waals surface area (Å²) in [6.07, 6.45) is -3.20. The van der Waals surface area contributed by atoms with Crippen molar-refractivity contribution in [2.45, 2.75) is 37.9 Å².